The van der Waals surface area contributed by atoms with Crippen LogP contribution < -0.4 is 5.32 Å². The zero-order chi connectivity index (χ0) is 13.4. The first-order chi connectivity index (χ1) is 8.67. The van der Waals surface area contributed by atoms with Crippen LogP contribution in [-0.2, 0) is 15.5 Å². The quantitative estimate of drug-likeness (QED) is 0.785. The lowest BCUT2D eigenvalue weighted by Crippen LogP contribution is -2.27. The number of hydrogen-bond donors (Lipinski definition) is 1. The topological polar surface area (TPSA) is 38.3 Å². The minimum atomic E-state index is -0.845. The van der Waals surface area contributed by atoms with Crippen molar-refractivity contribution >= 4 is 10.8 Å². The normalized spacial score (nSPS) is 14.4. The van der Waals surface area contributed by atoms with Crippen molar-refractivity contribution in [3.8, 4) is 0 Å². The molecule has 0 heterocycles. The standard InChI is InChI=1S/C14H23NO2S/c1-4-15-14(11-18(16)10-9-17-3)13-7-5-12(2)6-8-13/h5-8,14-15H,4,9-11H2,1-3H3. The van der Waals surface area contributed by atoms with Crippen molar-refractivity contribution in [3.05, 3.63) is 35.4 Å². The van der Waals surface area contributed by atoms with Gasteiger partial charge in [-0.05, 0) is 19.0 Å². The van der Waals surface area contributed by atoms with E-state index < -0.39 is 10.8 Å². The van der Waals surface area contributed by atoms with Gasteiger partial charge in [0.05, 0.1) is 6.61 Å². The minimum absolute atomic E-state index is 0.160. The first-order valence-electron chi connectivity index (χ1n) is 6.31. The molecule has 0 fully saturated rings. The van der Waals surface area contributed by atoms with Gasteiger partial charge in [-0.3, -0.25) is 4.21 Å². The number of hydrogen-bond acceptors (Lipinski definition) is 3. The van der Waals surface area contributed by atoms with Gasteiger partial charge in [0, 0.05) is 35.5 Å². The second kappa shape index (κ2) is 8.40. The molecule has 1 aromatic carbocycles. The maximum atomic E-state index is 11.9. The van der Waals surface area contributed by atoms with E-state index in [1.807, 2.05) is 0 Å². The van der Waals surface area contributed by atoms with E-state index in [0.29, 0.717) is 18.1 Å². The Morgan fingerprint density at radius 2 is 2.00 bits per heavy atom. The van der Waals surface area contributed by atoms with Crippen molar-refractivity contribution in [2.24, 2.45) is 0 Å². The van der Waals surface area contributed by atoms with E-state index >= 15 is 0 Å². The number of rotatable bonds is 8. The zero-order valence-electron chi connectivity index (χ0n) is 11.4. The van der Waals surface area contributed by atoms with Crippen molar-refractivity contribution in [3.63, 3.8) is 0 Å². The van der Waals surface area contributed by atoms with E-state index in [1.54, 1.807) is 7.11 Å². The van der Waals surface area contributed by atoms with Gasteiger partial charge in [0.15, 0.2) is 0 Å². The number of benzene rings is 1. The van der Waals surface area contributed by atoms with E-state index in [-0.39, 0.29) is 6.04 Å². The lowest BCUT2D eigenvalue weighted by molar-refractivity contribution is 0.218. The molecule has 2 unspecified atom stereocenters. The number of methoxy groups -OCH3 is 1. The summed E-state index contributed by atoms with van der Waals surface area (Å²) in [5.41, 5.74) is 2.45. The molecule has 0 amide bonds. The molecule has 102 valence electrons. The van der Waals surface area contributed by atoms with E-state index in [0.717, 1.165) is 6.54 Å². The van der Waals surface area contributed by atoms with Crippen molar-refractivity contribution in [2.45, 2.75) is 19.9 Å². The Balaban J connectivity index is 2.64. The molecule has 0 aromatic heterocycles. The lowest BCUT2D eigenvalue weighted by atomic mass is 10.1. The SMILES string of the molecule is CCNC(CS(=O)CCOC)c1ccc(C)cc1. The van der Waals surface area contributed by atoms with Gasteiger partial charge in [0.2, 0.25) is 0 Å². The molecule has 0 aliphatic heterocycles. The van der Waals surface area contributed by atoms with Gasteiger partial charge in [0.1, 0.15) is 0 Å². The van der Waals surface area contributed by atoms with Crippen LogP contribution in [-0.4, -0.2) is 36.0 Å². The highest BCUT2D eigenvalue weighted by atomic mass is 32.2. The van der Waals surface area contributed by atoms with Gasteiger partial charge in [-0.1, -0.05) is 36.8 Å². The molecule has 4 heteroatoms. The Morgan fingerprint density at radius 3 is 2.56 bits per heavy atom. The average molecular weight is 269 g/mol. The van der Waals surface area contributed by atoms with Crippen LogP contribution in [0, 0.1) is 6.92 Å². The molecule has 0 aliphatic carbocycles. The summed E-state index contributed by atoms with van der Waals surface area (Å²) in [4.78, 5) is 0. The van der Waals surface area contributed by atoms with Gasteiger partial charge < -0.3 is 10.1 Å². The molecule has 0 spiro atoms. The highest BCUT2D eigenvalue weighted by Crippen LogP contribution is 2.15. The van der Waals surface area contributed by atoms with Crippen LogP contribution in [0.3, 0.4) is 0 Å². The molecule has 18 heavy (non-hydrogen) atoms. The molecule has 0 radical (unpaired) electrons. The molecule has 2 atom stereocenters. The fraction of sp³-hybridized carbons (Fsp3) is 0.571. The molecule has 0 bridgehead atoms. The van der Waals surface area contributed by atoms with Gasteiger partial charge in [0.25, 0.3) is 0 Å². The third-order valence-corrected chi connectivity index (χ3v) is 4.13. The van der Waals surface area contributed by atoms with E-state index in [9.17, 15) is 4.21 Å². The Hall–Kier alpha value is -0.710. The van der Waals surface area contributed by atoms with E-state index in [2.05, 4.69) is 43.4 Å². The molecule has 3 nitrogen and oxygen atoms in total. The smallest absolute Gasteiger partial charge is 0.0577 e. The number of aryl methyl sites for hydroxylation is 1. The molecule has 0 aliphatic rings. The van der Waals surface area contributed by atoms with Gasteiger partial charge in [-0.25, -0.2) is 0 Å². The largest absolute Gasteiger partial charge is 0.384 e. The Bertz CT molecular complexity index is 365. The van der Waals surface area contributed by atoms with Crippen molar-refractivity contribution < 1.29 is 8.95 Å². The fourth-order valence-corrected chi connectivity index (χ4v) is 2.96. The first-order valence-corrected chi connectivity index (χ1v) is 7.80. The number of ether oxygens (including phenoxy) is 1. The van der Waals surface area contributed by atoms with Gasteiger partial charge >= 0.3 is 0 Å². The van der Waals surface area contributed by atoms with Crippen molar-refractivity contribution in [1.82, 2.24) is 5.32 Å². The summed E-state index contributed by atoms with van der Waals surface area (Å²) >= 11 is 0. The second-order valence-electron chi connectivity index (χ2n) is 4.32. The monoisotopic (exact) mass is 269 g/mol. The third kappa shape index (κ3) is 5.29. The predicted octanol–water partition coefficient (Wildman–Crippen LogP) is 2.04. The zero-order valence-corrected chi connectivity index (χ0v) is 12.3. The van der Waals surface area contributed by atoms with Crippen LogP contribution in [0.5, 0.6) is 0 Å². The highest BCUT2D eigenvalue weighted by Gasteiger charge is 2.13. The van der Waals surface area contributed by atoms with Crippen LogP contribution in [0.2, 0.25) is 0 Å². The van der Waals surface area contributed by atoms with Crippen molar-refractivity contribution in [1.29, 1.82) is 0 Å². The molecular formula is C14H23NO2S. The van der Waals surface area contributed by atoms with Crippen LogP contribution in [0.4, 0.5) is 0 Å². The summed E-state index contributed by atoms with van der Waals surface area (Å²) in [6.07, 6.45) is 0. The van der Waals surface area contributed by atoms with Crippen LogP contribution in [0.1, 0.15) is 24.1 Å². The van der Waals surface area contributed by atoms with Crippen LogP contribution >= 0.6 is 0 Å². The summed E-state index contributed by atoms with van der Waals surface area (Å²) in [6, 6.07) is 8.57. The highest BCUT2D eigenvalue weighted by molar-refractivity contribution is 7.85. The first kappa shape index (κ1) is 15.3. The van der Waals surface area contributed by atoms with Gasteiger partial charge in [-0.2, -0.15) is 0 Å². The predicted molar refractivity (Wildman–Crippen MR) is 77.3 cm³/mol. The maximum absolute atomic E-state index is 11.9. The van der Waals surface area contributed by atoms with Crippen LogP contribution in [0.25, 0.3) is 0 Å². The summed E-state index contributed by atoms with van der Waals surface area (Å²) in [6.45, 7) is 5.57. The molecule has 1 rings (SSSR count). The summed E-state index contributed by atoms with van der Waals surface area (Å²) in [7, 11) is 0.793. The number of nitrogens with one attached hydrogen (secondary N) is 1. The molecular weight excluding hydrogens is 246 g/mol. The maximum Gasteiger partial charge on any atom is 0.0577 e. The molecule has 1 N–H and O–H groups in total. The second-order valence-corrected chi connectivity index (χ2v) is 5.95. The Kier molecular flexibility index (Phi) is 7.16. The Labute approximate surface area is 112 Å². The van der Waals surface area contributed by atoms with Gasteiger partial charge in [-0.15, -0.1) is 0 Å². The summed E-state index contributed by atoms with van der Waals surface area (Å²) in [5, 5.41) is 3.39. The fourth-order valence-electron chi connectivity index (χ4n) is 1.76. The molecule has 1 aromatic rings. The summed E-state index contributed by atoms with van der Waals surface area (Å²) < 4.78 is 16.9. The van der Waals surface area contributed by atoms with E-state index in [1.165, 1.54) is 11.1 Å². The van der Waals surface area contributed by atoms with Crippen molar-refractivity contribution in [2.75, 3.05) is 31.8 Å². The molecule has 0 saturated heterocycles. The third-order valence-electron chi connectivity index (χ3n) is 2.80. The Morgan fingerprint density at radius 1 is 1.33 bits per heavy atom. The molecule has 0 saturated carbocycles. The lowest BCUT2D eigenvalue weighted by Gasteiger charge is -2.18. The minimum Gasteiger partial charge on any atom is -0.384 e. The summed E-state index contributed by atoms with van der Waals surface area (Å²) in [5.74, 6) is 1.24. The average Bonchev–Trinajstić information content (AvgIpc) is 2.37. The van der Waals surface area contributed by atoms with E-state index in [4.69, 9.17) is 4.74 Å². The van der Waals surface area contributed by atoms with Crippen LogP contribution in [0.15, 0.2) is 24.3 Å².